The summed E-state index contributed by atoms with van der Waals surface area (Å²) in [5.74, 6) is -0.797. The van der Waals surface area contributed by atoms with E-state index in [9.17, 15) is 9.59 Å². The van der Waals surface area contributed by atoms with Crippen LogP contribution in [-0.2, 0) is 9.53 Å². The van der Waals surface area contributed by atoms with Gasteiger partial charge >= 0.3 is 5.97 Å². The number of rotatable bonds is 6. The van der Waals surface area contributed by atoms with Crippen LogP contribution in [0.3, 0.4) is 0 Å². The fraction of sp³-hybridized carbons (Fsp3) is 0.409. The summed E-state index contributed by atoms with van der Waals surface area (Å²) < 4.78 is 6.85. The molecule has 0 N–H and O–H groups in total. The maximum atomic E-state index is 12.8. The molecule has 152 valence electrons. The lowest BCUT2D eigenvalue weighted by molar-refractivity contribution is -0.133. The third-order valence-electron chi connectivity index (χ3n) is 5.29. The van der Waals surface area contributed by atoms with Crippen LogP contribution in [0.1, 0.15) is 54.6 Å². The highest BCUT2D eigenvalue weighted by atomic mass is 35.5. The second-order valence-electron chi connectivity index (χ2n) is 7.51. The van der Waals surface area contributed by atoms with Crippen molar-refractivity contribution < 1.29 is 14.3 Å². The van der Waals surface area contributed by atoms with Crippen molar-refractivity contribution in [3.8, 4) is 5.69 Å². The average Bonchev–Trinajstić information content (AvgIpc) is 3.52. The largest absolute Gasteiger partial charge is 0.452 e. The molecule has 0 radical (unpaired) electrons. The monoisotopic (exact) mass is 413 g/mol. The van der Waals surface area contributed by atoms with Gasteiger partial charge in [0.15, 0.2) is 6.61 Å². The van der Waals surface area contributed by atoms with Crippen LogP contribution in [0.4, 0.5) is 0 Å². The molecule has 0 aliphatic heterocycles. The number of aryl methyl sites for hydroxylation is 1. The van der Waals surface area contributed by atoms with Gasteiger partial charge in [0, 0.05) is 11.7 Å². The van der Waals surface area contributed by atoms with Gasteiger partial charge in [-0.15, -0.1) is 0 Å². The van der Waals surface area contributed by atoms with E-state index in [-0.39, 0.29) is 29.3 Å². The molecule has 1 saturated carbocycles. The molecular formula is C22H24ClN3O3. The fourth-order valence-corrected chi connectivity index (χ4v) is 4.06. The zero-order valence-corrected chi connectivity index (χ0v) is 17.2. The van der Waals surface area contributed by atoms with E-state index < -0.39 is 5.97 Å². The first-order valence-corrected chi connectivity index (χ1v) is 10.4. The van der Waals surface area contributed by atoms with Gasteiger partial charge in [0.25, 0.3) is 5.91 Å². The van der Waals surface area contributed by atoms with E-state index in [4.69, 9.17) is 16.3 Å². The molecule has 1 aromatic carbocycles. The zero-order valence-electron chi connectivity index (χ0n) is 16.4. The average molecular weight is 414 g/mol. The first kappa shape index (κ1) is 19.7. The molecule has 4 rings (SSSR count). The van der Waals surface area contributed by atoms with Gasteiger partial charge in [0.05, 0.1) is 11.4 Å². The lowest BCUT2D eigenvalue weighted by Crippen LogP contribution is -2.36. The number of allylic oxidation sites excluding steroid dienone is 2. The Balaban J connectivity index is 1.46. The van der Waals surface area contributed by atoms with Crippen molar-refractivity contribution in [3.63, 3.8) is 0 Å². The number of hydrogen-bond donors (Lipinski definition) is 0. The number of aromatic nitrogens is 2. The molecule has 1 amide bonds. The Kier molecular flexibility index (Phi) is 5.72. The van der Waals surface area contributed by atoms with Gasteiger partial charge in [-0.3, -0.25) is 4.79 Å². The third-order valence-corrected chi connectivity index (χ3v) is 5.64. The number of ether oxygens (including phenoxy) is 1. The molecule has 1 aromatic heterocycles. The summed E-state index contributed by atoms with van der Waals surface area (Å²) >= 11 is 6.41. The highest BCUT2D eigenvalue weighted by molar-refractivity contribution is 6.33. The van der Waals surface area contributed by atoms with Gasteiger partial charge in [-0.2, -0.15) is 5.10 Å². The molecule has 0 unspecified atom stereocenters. The number of hydrogen-bond acceptors (Lipinski definition) is 4. The standard InChI is InChI=1S/C22H24ClN3O3/c1-15-20(21(23)26(24-15)18-10-6-3-7-11-18)22(28)29-14-19(27)25(17-12-13-17)16-8-4-2-5-9-16/h3,6-8,10-11,17H,2,4-5,9,12-14H2,1H3. The maximum absolute atomic E-state index is 12.8. The maximum Gasteiger partial charge on any atom is 0.343 e. The molecule has 6 nitrogen and oxygen atoms in total. The first-order valence-electron chi connectivity index (χ1n) is 10.0. The number of carbonyl (C=O) groups excluding carboxylic acids is 2. The molecule has 7 heteroatoms. The number of para-hydroxylation sites is 1. The van der Waals surface area contributed by atoms with E-state index in [1.807, 2.05) is 35.2 Å². The van der Waals surface area contributed by atoms with Crippen molar-refractivity contribution in [2.24, 2.45) is 0 Å². The first-order chi connectivity index (χ1) is 14.1. The van der Waals surface area contributed by atoms with Crippen LogP contribution >= 0.6 is 11.6 Å². The Morgan fingerprint density at radius 1 is 1.24 bits per heavy atom. The van der Waals surface area contributed by atoms with Crippen LogP contribution < -0.4 is 0 Å². The minimum atomic E-state index is -0.628. The summed E-state index contributed by atoms with van der Waals surface area (Å²) in [6.07, 6.45) is 8.32. The molecule has 0 spiro atoms. The van der Waals surface area contributed by atoms with Crippen LogP contribution in [0.5, 0.6) is 0 Å². The van der Waals surface area contributed by atoms with Crippen molar-refractivity contribution >= 4 is 23.5 Å². The van der Waals surface area contributed by atoms with Gasteiger partial charge in [-0.1, -0.05) is 35.9 Å². The Morgan fingerprint density at radius 3 is 2.66 bits per heavy atom. The minimum absolute atomic E-state index is 0.168. The number of amides is 1. The summed E-state index contributed by atoms with van der Waals surface area (Å²) in [7, 11) is 0. The van der Waals surface area contributed by atoms with Gasteiger partial charge in [0.1, 0.15) is 10.7 Å². The van der Waals surface area contributed by atoms with Crippen molar-refractivity contribution in [2.75, 3.05) is 6.61 Å². The molecule has 1 fully saturated rings. The van der Waals surface area contributed by atoms with E-state index in [1.54, 1.807) is 6.92 Å². The van der Waals surface area contributed by atoms with Gasteiger partial charge in [0.2, 0.25) is 0 Å². The van der Waals surface area contributed by atoms with Gasteiger partial charge in [-0.05, 0) is 57.6 Å². The summed E-state index contributed by atoms with van der Waals surface area (Å²) in [4.78, 5) is 27.3. The number of esters is 1. The van der Waals surface area contributed by atoms with Gasteiger partial charge < -0.3 is 9.64 Å². The molecule has 0 saturated heterocycles. The quantitative estimate of drug-likeness (QED) is 0.657. The van der Waals surface area contributed by atoms with E-state index in [2.05, 4.69) is 11.2 Å². The summed E-state index contributed by atoms with van der Waals surface area (Å²) in [5.41, 5.74) is 2.48. The minimum Gasteiger partial charge on any atom is -0.452 e. The Labute approximate surface area is 175 Å². The van der Waals surface area contributed by atoms with E-state index >= 15 is 0 Å². The SMILES string of the molecule is Cc1nn(-c2ccccc2)c(Cl)c1C(=O)OCC(=O)N(C1=CCCCC1)C1CC1. The second kappa shape index (κ2) is 8.41. The molecule has 2 aromatic rings. The molecule has 0 bridgehead atoms. The molecule has 2 aliphatic rings. The third kappa shape index (κ3) is 4.22. The summed E-state index contributed by atoms with van der Waals surface area (Å²) in [5, 5.41) is 4.54. The lowest BCUT2D eigenvalue weighted by atomic mass is 10.0. The normalized spacial score (nSPS) is 16.3. The van der Waals surface area contributed by atoms with Crippen LogP contribution in [0, 0.1) is 6.92 Å². The van der Waals surface area contributed by atoms with Crippen LogP contribution in [0.15, 0.2) is 42.1 Å². The lowest BCUT2D eigenvalue weighted by Gasteiger charge is -2.27. The van der Waals surface area contributed by atoms with E-state index in [0.717, 1.165) is 49.9 Å². The highest BCUT2D eigenvalue weighted by Crippen LogP contribution is 2.34. The molecule has 1 heterocycles. The number of carbonyl (C=O) groups is 2. The molecule has 29 heavy (non-hydrogen) atoms. The number of benzene rings is 1. The predicted molar refractivity (Wildman–Crippen MR) is 110 cm³/mol. The molecular weight excluding hydrogens is 390 g/mol. The number of halogens is 1. The molecule has 0 atom stereocenters. The van der Waals surface area contributed by atoms with E-state index in [0.29, 0.717) is 5.69 Å². The van der Waals surface area contributed by atoms with Crippen molar-refractivity contribution in [2.45, 2.75) is 51.5 Å². The Morgan fingerprint density at radius 2 is 2.00 bits per heavy atom. The van der Waals surface area contributed by atoms with Crippen molar-refractivity contribution in [3.05, 3.63) is 58.5 Å². The topological polar surface area (TPSA) is 64.4 Å². The fourth-order valence-electron chi connectivity index (χ4n) is 3.71. The molecule has 2 aliphatic carbocycles. The van der Waals surface area contributed by atoms with E-state index in [1.165, 1.54) is 4.68 Å². The van der Waals surface area contributed by atoms with Gasteiger partial charge in [-0.25, -0.2) is 9.48 Å². The zero-order chi connectivity index (χ0) is 20.4. The Bertz CT molecular complexity index is 948. The van der Waals surface area contributed by atoms with Crippen LogP contribution in [-0.4, -0.2) is 39.2 Å². The second-order valence-corrected chi connectivity index (χ2v) is 7.87. The van der Waals surface area contributed by atoms with Crippen molar-refractivity contribution in [1.29, 1.82) is 0 Å². The van der Waals surface area contributed by atoms with Crippen LogP contribution in [0.25, 0.3) is 5.69 Å². The number of nitrogens with zero attached hydrogens (tertiary/aromatic N) is 3. The summed E-state index contributed by atoms with van der Waals surface area (Å²) in [6, 6.07) is 9.57. The summed E-state index contributed by atoms with van der Waals surface area (Å²) in [6.45, 7) is 1.41. The van der Waals surface area contributed by atoms with Crippen LogP contribution in [0.2, 0.25) is 5.15 Å². The highest BCUT2D eigenvalue weighted by Gasteiger charge is 2.35. The predicted octanol–water partition coefficient (Wildman–Crippen LogP) is 4.44. The Hall–Kier alpha value is -2.60. The smallest absolute Gasteiger partial charge is 0.343 e. The van der Waals surface area contributed by atoms with Crippen molar-refractivity contribution in [1.82, 2.24) is 14.7 Å².